The first-order chi connectivity index (χ1) is 34.1. The molecule has 0 bridgehead atoms. The summed E-state index contributed by atoms with van der Waals surface area (Å²) in [6.07, 6.45) is 14.1. The topological polar surface area (TPSA) is 177 Å². The number of pyridine rings is 2. The molecule has 374 valence electrons. The number of carbonyl (C=O) groups excluding carboxylic acids is 2. The van der Waals surface area contributed by atoms with Gasteiger partial charge in [0.25, 0.3) is 11.8 Å². The molecule has 16 heteroatoms. The third kappa shape index (κ3) is 9.61. The second kappa shape index (κ2) is 19.3. The van der Waals surface area contributed by atoms with Crippen LogP contribution in [0.1, 0.15) is 112 Å². The average molecular weight is 964 g/mol. The first-order valence-corrected chi connectivity index (χ1v) is 25.5. The number of aromatic nitrogens is 5. The molecule has 0 spiro atoms. The number of rotatable bonds is 12. The van der Waals surface area contributed by atoms with Crippen molar-refractivity contribution < 1.29 is 24.5 Å². The Bertz CT molecular complexity index is 2830. The smallest absolute Gasteiger partial charge is 0.276 e. The lowest BCUT2D eigenvalue weighted by molar-refractivity contribution is -0.111. The lowest BCUT2D eigenvalue weighted by Crippen LogP contribution is -2.58. The van der Waals surface area contributed by atoms with E-state index in [1.54, 1.807) is 23.4 Å². The molecular weight excluding hydrogens is 895 g/mol. The number of amides is 2. The van der Waals surface area contributed by atoms with E-state index in [0.29, 0.717) is 76.6 Å². The normalized spacial score (nSPS) is 24.3. The number of methoxy groups -OCH3 is 1. The van der Waals surface area contributed by atoms with Gasteiger partial charge in [-0.1, -0.05) is 20.4 Å². The largest absolute Gasteiger partial charge is 0.478 e. The number of nitrogens with zero attached hydrogens (tertiary/aromatic N) is 9. The zero-order valence-electron chi connectivity index (χ0n) is 42.1. The minimum Gasteiger partial charge on any atom is -0.478 e. The van der Waals surface area contributed by atoms with Crippen LogP contribution < -0.4 is 30.1 Å². The molecule has 3 aliphatic heterocycles. The number of hydrogen-bond acceptors (Lipinski definition) is 13. The summed E-state index contributed by atoms with van der Waals surface area (Å²) in [5.74, 6) is 0.916. The predicted octanol–water partition coefficient (Wildman–Crippen LogP) is 7.87. The summed E-state index contributed by atoms with van der Waals surface area (Å²) in [6.45, 7) is 19.1. The summed E-state index contributed by atoms with van der Waals surface area (Å²) >= 11 is 0. The van der Waals surface area contributed by atoms with Crippen molar-refractivity contribution in [2.45, 2.75) is 129 Å². The highest BCUT2D eigenvalue weighted by atomic mass is 16.5. The van der Waals surface area contributed by atoms with Gasteiger partial charge < -0.3 is 40.0 Å². The first-order valence-electron chi connectivity index (χ1n) is 25.5. The number of piperazine rings is 1. The van der Waals surface area contributed by atoms with Gasteiger partial charge in [-0.2, -0.15) is 0 Å². The molecule has 2 saturated heterocycles. The third-order valence-electron chi connectivity index (χ3n) is 15.9. The fraction of sp³-hybridized carbons (Fsp3) is 0.491. The molecule has 3 fully saturated rings. The van der Waals surface area contributed by atoms with Crippen LogP contribution in [-0.4, -0.2) is 115 Å². The summed E-state index contributed by atoms with van der Waals surface area (Å²) in [4.78, 5) is 55.3. The van der Waals surface area contributed by atoms with Crippen molar-refractivity contribution in [1.29, 1.82) is 0 Å². The number of aliphatic hydroxyl groups excluding tert-OH is 1. The Hall–Kier alpha value is -6.36. The third-order valence-corrected chi connectivity index (χ3v) is 15.9. The zero-order valence-corrected chi connectivity index (χ0v) is 42.1. The van der Waals surface area contributed by atoms with Crippen LogP contribution in [0.4, 0.5) is 34.4 Å². The molecule has 16 nitrogen and oxygen atoms in total. The van der Waals surface area contributed by atoms with Crippen molar-refractivity contribution in [2.75, 3.05) is 65.2 Å². The minimum absolute atomic E-state index is 0.139. The van der Waals surface area contributed by atoms with E-state index in [1.807, 2.05) is 37.4 Å². The Morgan fingerprint density at radius 3 is 2.48 bits per heavy atom. The molecule has 71 heavy (non-hydrogen) atoms. The standard InChI is InChI=1S/C55H69N11O5/c1-8-49(68)60-44-27-38(9-10-46(44)64-22-21-62(32-35(64)3)39-15-20-63(34(2)25-39)40-13-18-56-43(28-40)36-11-16-55(6,70)17-12-36)59-50-52(71-7)58-31-45(61-50)41-14-19-57-51(42(41)33-67)66-24-23-65-47(53(66)69)26-37-29-54(4,5)30-48(37)65/h8-10,13-14,18-19,26-28,31,34-36,39,67,70H,1,11-12,15-17,20-25,29-30,32-33H2,2-7H3,(H,59,61)(H,60,68)/t34-,35-,36?,39?,55?/m0/s1. The summed E-state index contributed by atoms with van der Waals surface area (Å²) < 4.78 is 7.85. The molecule has 1 saturated carbocycles. The quantitative estimate of drug-likeness (QED) is 0.0890. The maximum atomic E-state index is 14.1. The van der Waals surface area contributed by atoms with Crippen molar-refractivity contribution in [3.63, 3.8) is 0 Å². The number of anilines is 6. The molecule has 4 N–H and O–H groups in total. The van der Waals surface area contributed by atoms with Crippen molar-refractivity contribution >= 4 is 46.2 Å². The number of carbonyl (C=O) groups is 2. The molecule has 5 aliphatic rings. The number of benzene rings is 1. The van der Waals surface area contributed by atoms with Crippen LogP contribution in [0.5, 0.6) is 5.88 Å². The molecule has 7 heterocycles. The number of piperidine rings is 1. The molecule has 10 rings (SSSR count). The summed E-state index contributed by atoms with van der Waals surface area (Å²) in [5.41, 5.74) is 8.85. The van der Waals surface area contributed by atoms with Crippen molar-refractivity contribution in [1.82, 2.24) is 29.4 Å². The number of fused-ring (bicyclic) bond motifs is 3. The first kappa shape index (κ1) is 48.3. The number of aliphatic hydroxyl groups is 2. The van der Waals surface area contributed by atoms with E-state index in [9.17, 15) is 19.8 Å². The Morgan fingerprint density at radius 1 is 0.930 bits per heavy atom. The van der Waals surface area contributed by atoms with E-state index in [2.05, 4.69) is 86.3 Å². The van der Waals surface area contributed by atoms with Gasteiger partial charge in [-0.05, 0) is 132 Å². The van der Waals surface area contributed by atoms with Gasteiger partial charge in [-0.15, -0.1) is 0 Å². The van der Waals surface area contributed by atoms with Gasteiger partial charge in [-0.25, -0.2) is 15.0 Å². The SMILES string of the molecule is C=CC(=O)Nc1cc(Nc2nc(-c3ccnc(N4CCn5c(cc6c5CC(C)(C)C6)C4=O)c3CO)cnc2OC)ccc1N1CCN(C2CCN(c3ccnc(C4CCC(C)(O)CC4)c3)[C@@H](C)C2)C[C@@H]1C. The van der Waals surface area contributed by atoms with Crippen LogP contribution in [-0.2, 0) is 30.8 Å². The second-order valence-electron chi connectivity index (χ2n) is 21.6. The van der Waals surface area contributed by atoms with Crippen molar-refractivity contribution in [3.8, 4) is 17.1 Å². The second-order valence-corrected chi connectivity index (χ2v) is 21.6. The summed E-state index contributed by atoms with van der Waals surface area (Å²) in [6, 6.07) is 15.1. The molecule has 1 unspecified atom stereocenters. The van der Waals surface area contributed by atoms with E-state index in [-0.39, 0.29) is 35.8 Å². The average Bonchev–Trinajstić information content (AvgIpc) is 3.86. The van der Waals surface area contributed by atoms with E-state index in [0.717, 1.165) is 88.9 Å². The van der Waals surface area contributed by atoms with E-state index in [1.165, 1.54) is 30.1 Å². The molecule has 1 aromatic carbocycles. The van der Waals surface area contributed by atoms with E-state index < -0.39 is 5.60 Å². The molecule has 0 radical (unpaired) electrons. The van der Waals surface area contributed by atoms with E-state index >= 15 is 0 Å². The van der Waals surface area contributed by atoms with Crippen LogP contribution >= 0.6 is 0 Å². The highest BCUT2D eigenvalue weighted by molar-refractivity contribution is 6.06. The summed E-state index contributed by atoms with van der Waals surface area (Å²) in [7, 11) is 1.53. The highest BCUT2D eigenvalue weighted by Crippen LogP contribution is 2.42. The Kier molecular flexibility index (Phi) is 13.1. The minimum atomic E-state index is -0.562. The van der Waals surface area contributed by atoms with Crippen LogP contribution in [0.3, 0.4) is 0 Å². The van der Waals surface area contributed by atoms with Gasteiger partial charge in [0.15, 0.2) is 5.82 Å². The fourth-order valence-electron chi connectivity index (χ4n) is 12.2. The zero-order chi connectivity index (χ0) is 49.8. The molecule has 5 aromatic rings. The van der Waals surface area contributed by atoms with Gasteiger partial charge in [0, 0.05) is 110 Å². The van der Waals surface area contributed by atoms with Crippen LogP contribution in [0.25, 0.3) is 11.3 Å². The Balaban J connectivity index is 0.833. The van der Waals surface area contributed by atoms with Gasteiger partial charge in [0.1, 0.15) is 11.5 Å². The fourth-order valence-corrected chi connectivity index (χ4v) is 12.2. The van der Waals surface area contributed by atoms with Crippen LogP contribution in [0.15, 0.2) is 73.7 Å². The maximum Gasteiger partial charge on any atom is 0.276 e. The number of hydrogen-bond donors (Lipinski definition) is 4. The van der Waals surface area contributed by atoms with Gasteiger partial charge in [0.2, 0.25) is 5.91 Å². The van der Waals surface area contributed by atoms with Crippen molar-refractivity contribution in [3.05, 3.63) is 102 Å². The Morgan fingerprint density at radius 2 is 1.73 bits per heavy atom. The van der Waals surface area contributed by atoms with Gasteiger partial charge in [0.05, 0.1) is 42.6 Å². The lowest BCUT2D eigenvalue weighted by atomic mass is 9.78. The molecule has 3 atom stereocenters. The van der Waals surface area contributed by atoms with Gasteiger partial charge >= 0.3 is 0 Å². The number of ether oxygens (including phenoxy) is 1. The van der Waals surface area contributed by atoms with Gasteiger partial charge in [-0.3, -0.25) is 24.4 Å². The summed E-state index contributed by atoms with van der Waals surface area (Å²) in [5, 5.41) is 27.8. The van der Waals surface area contributed by atoms with Crippen LogP contribution in [0, 0.1) is 5.41 Å². The number of nitrogens with one attached hydrogen (secondary N) is 2. The molecular formula is C55H69N11O5. The predicted molar refractivity (Wildman–Crippen MR) is 278 cm³/mol. The molecule has 4 aromatic heterocycles. The van der Waals surface area contributed by atoms with E-state index in [4.69, 9.17) is 14.7 Å². The lowest BCUT2D eigenvalue weighted by Gasteiger charge is -2.48. The molecule has 2 amide bonds. The van der Waals surface area contributed by atoms with Crippen LogP contribution in [0.2, 0.25) is 0 Å². The molecule has 2 aliphatic carbocycles. The maximum absolute atomic E-state index is 14.1. The Labute approximate surface area is 417 Å². The highest BCUT2D eigenvalue weighted by Gasteiger charge is 2.39. The monoisotopic (exact) mass is 964 g/mol. The van der Waals surface area contributed by atoms with Crippen molar-refractivity contribution in [2.24, 2.45) is 5.41 Å².